The van der Waals surface area contributed by atoms with Gasteiger partial charge < -0.3 is 4.57 Å². The van der Waals surface area contributed by atoms with Crippen LogP contribution in [0, 0.1) is 0 Å². The first-order valence-corrected chi connectivity index (χ1v) is 17.3. The van der Waals surface area contributed by atoms with Gasteiger partial charge >= 0.3 is 0 Å². The molecular weight excluding hydrogens is 617 g/mol. The second-order valence-electron chi connectivity index (χ2n) is 12.6. The van der Waals surface area contributed by atoms with E-state index in [-0.39, 0.29) is 0 Å². The summed E-state index contributed by atoms with van der Waals surface area (Å²) in [6.45, 7) is 0. The van der Waals surface area contributed by atoms with Crippen LogP contribution >= 0.6 is 11.3 Å². The number of thiophene rings is 1. The first-order chi connectivity index (χ1) is 24.3. The van der Waals surface area contributed by atoms with E-state index >= 15 is 0 Å². The topological polar surface area (TPSA) is 35.6 Å². The van der Waals surface area contributed by atoms with Crippen LogP contribution in [0.1, 0.15) is 0 Å². The summed E-state index contributed by atoms with van der Waals surface area (Å²) in [5, 5.41) is 9.52. The average Bonchev–Trinajstić information content (AvgIpc) is 3.81. The van der Waals surface area contributed by atoms with Crippen LogP contribution in [0.4, 0.5) is 0 Å². The largest absolute Gasteiger partial charge is 0.309 e. The van der Waals surface area contributed by atoms with Crippen molar-refractivity contribution < 1.29 is 0 Å². The summed E-state index contributed by atoms with van der Waals surface area (Å²) in [4.78, 5) is 11.8. The molecule has 0 aliphatic heterocycles. The summed E-state index contributed by atoms with van der Waals surface area (Å²) in [6, 6.07) is 56.5. The Labute approximate surface area is 284 Å². The Bertz CT molecular complexity index is 3110. The molecule has 11 aromatic rings. The predicted molar refractivity (Wildman–Crippen MR) is 207 cm³/mol. The van der Waals surface area contributed by atoms with E-state index < -0.39 is 0 Å². The fourth-order valence-corrected chi connectivity index (χ4v) is 8.84. The molecule has 0 spiro atoms. The third kappa shape index (κ3) is 3.85. The second-order valence-corrected chi connectivity index (χ2v) is 13.7. The molecule has 0 aliphatic carbocycles. The van der Waals surface area contributed by atoms with Crippen molar-refractivity contribution in [3.8, 4) is 22.9 Å². The molecule has 0 saturated heterocycles. The number of nitrogens with zero attached hydrogens (tertiary/aromatic N) is 4. The Morgan fingerprint density at radius 2 is 1.04 bits per heavy atom. The number of rotatable bonds is 3. The molecular formula is C44H26N4S. The minimum atomic E-state index is 0.683. The molecule has 228 valence electrons. The van der Waals surface area contributed by atoms with Crippen LogP contribution in [0.5, 0.6) is 0 Å². The number of fused-ring (bicyclic) bond motifs is 10. The molecule has 5 heteroatoms. The standard InChI is InChI=1S/C44H26N4S/c1-2-14-30(15-3-1)47-36-19-9-6-16-31(36)34-25-29(22-23-38(34)47)42-41-33-18-8-11-21-40(33)49-43(41)46-44(45-42)48-37-20-10-7-17-32(37)35-24-27-12-4-5-13-28(27)26-39(35)48/h1-26H. The van der Waals surface area contributed by atoms with Crippen LogP contribution in [0.3, 0.4) is 0 Å². The Kier molecular flexibility index (Phi) is 5.51. The SMILES string of the molecule is c1ccc(-n2c3ccccc3c3cc(-c4nc(-n5c6ccccc6c6cc7ccccc7cc65)nc5sc6ccccc6c45)ccc32)cc1. The minimum absolute atomic E-state index is 0.683. The van der Waals surface area contributed by atoms with Crippen LogP contribution in [0.25, 0.3) is 97.6 Å². The Morgan fingerprint density at radius 3 is 1.84 bits per heavy atom. The third-order valence-corrected chi connectivity index (χ3v) is 11.0. The van der Waals surface area contributed by atoms with Gasteiger partial charge in [-0.25, -0.2) is 9.97 Å². The normalized spacial score (nSPS) is 12.1. The number of hydrogen-bond donors (Lipinski definition) is 0. The van der Waals surface area contributed by atoms with Gasteiger partial charge in [0.05, 0.1) is 27.8 Å². The molecule has 11 rings (SSSR count). The van der Waals surface area contributed by atoms with Crippen molar-refractivity contribution in [2.24, 2.45) is 0 Å². The van der Waals surface area contributed by atoms with Gasteiger partial charge in [0.2, 0.25) is 5.95 Å². The molecule has 0 aliphatic rings. The van der Waals surface area contributed by atoms with E-state index in [0.29, 0.717) is 5.95 Å². The minimum Gasteiger partial charge on any atom is -0.309 e. The molecule has 7 aromatic carbocycles. The van der Waals surface area contributed by atoms with E-state index in [2.05, 4.69) is 167 Å². The molecule has 0 unspecified atom stereocenters. The lowest BCUT2D eigenvalue weighted by Crippen LogP contribution is -2.02. The molecule has 49 heavy (non-hydrogen) atoms. The van der Waals surface area contributed by atoms with Crippen molar-refractivity contribution in [3.05, 3.63) is 158 Å². The van der Waals surface area contributed by atoms with Crippen LogP contribution in [-0.2, 0) is 0 Å². The molecule has 4 heterocycles. The van der Waals surface area contributed by atoms with Gasteiger partial charge in [0, 0.05) is 48.3 Å². The summed E-state index contributed by atoms with van der Waals surface area (Å²) < 4.78 is 5.82. The smallest absolute Gasteiger partial charge is 0.236 e. The van der Waals surface area contributed by atoms with Gasteiger partial charge in [-0.15, -0.1) is 11.3 Å². The number of benzene rings is 7. The summed E-state index contributed by atoms with van der Waals surface area (Å²) in [5.74, 6) is 0.683. The molecule has 0 atom stereocenters. The Balaban J connectivity index is 1.24. The third-order valence-electron chi connectivity index (χ3n) is 9.93. The van der Waals surface area contributed by atoms with Gasteiger partial charge in [-0.2, -0.15) is 0 Å². The quantitative estimate of drug-likeness (QED) is 0.192. The summed E-state index contributed by atoms with van der Waals surface area (Å²) >= 11 is 1.73. The maximum absolute atomic E-state index is 5.52. The highest BCUT2D eigenvalue weighted by molar-refractivity contribution is 7.25. The van der Waals surface area contributed by atoms with Gasteiger partial charge in [-0.3, -0.25) is 4.57 Å². The van der Waals surface area contributed by atoms with E-state index in [1.807, 2.05) is 0 Å². The number of hydrogen-bond acceptors (Lipinski definition) is 3. The van der Waals surface area contributed by atoms with Gasteiger partial charge in [0.25, 0.3) is 0 Å². The van der Waals surface area contributed by atoms with E-state index in [9.17, 15) is 0 Å². The van der Waals surface area contributed by atoms with Crippen LogP contribution < -0.4 is 0 Å². The highest BCUT2D eigenvalue weighted by Gasteiger charge is 2.21. The highest BCUT2D eigenvalue weighted by atomic mass is 32.1. The van der Waals surface area contributed by atoms with Crippen molar-refractivity contribution in [1.82, 2.24) is 19.1 Å². The van der Waals surface area contributed by atoms with Gasteiger partial charge in [-0.05, 0) is 65.4 Å². The van der Waals surface area contributed by atoms with Crippen molar-refractivity contribution >= 4 is 86.0 Å². The monoisotopic (exact) mass is 642 g/mol. The maximum atomic E-state index is 5.52. The Hall–Kier alpha value is -6.30. The fourth-order valence-electron chi connectivity index (χ4n) is 7.77. The molecule has 0 amide bonds. The van der Waals surface area contributed by atoms with Crippen molar-refractivity contribution in [3.63, 3.8) is 0 Å². The van der Waals surface area contributed by atoms with Gasteiger partial charge in [-0.1, -0.05) is 103 Å². The van der Waals surface area contributed by atoms with Gasteiger partial charge in [0.15, 0.2) is 0 Å². The fraction of sp³-hybridized carbons (Fsp3) is 0. The van der Waals surface area contributed by atoms with Crippen molar-refractivity contribution in [2.45, 2.75) is 0 Å². The van der Waals surface area contributed by atoms with Gasteiger partial charge in [0.1, 0.15) is 4.83 Å². The predicted octanol–water partition coefficient (Wildman–Crippen LogP) is 11.9. The number of aromatic nitrogens is 4. The van der Waals surface area contributed by atoms with Crippen LogP contribution in [0.15, 0.2) is 158 Å². The molecule has 0 radical (unpaired) electrons. The van der Waals surface area contributed by atoms with Crippen LogP contribution in [-0.4, -0.2) is 19.1 Å². The maximum Gasteiger partial charge on any atom is 0.236 e. The zero-order valence-corrected chi connectivity index (χ0v) is 27.0. The zero-order valence-electron chi connectivity index (χ0n) is 26.2. The molecule has 0 bridgehead atoms. The molecule has 0 saturated carbocycles. The Morgan fingerprint density at radius 1 is 0.429 bits per heavy atom. The van der Waals surface area contributed by atoms with E-state index in [4.69, 9.17) is 9.97 Å². The van der Waals surface area contributed by atoms with Crippen molar-refractivity contribution in [2.75, 3.05) is 0 Å². The first kappa shape index (κ1) is 26.7. The summed E-state index contributed by atoms with van der Waals surface area (Å²) in [5.41, 5.74) is 7.73. The summed E-state index contributed by atoms with van der Waals surface area (Å²) in [6.07, 6.45) is 0. The lowest BCUT2D eigenvalue weighted by atomic mass is 10.0. The zero-order chi connectivity index (χ0) is 32.1. The van der Waals surface area contributed by atoms with E-state index in [1.54, 1.807) is 11.3 Å². The van der Waals surface area contributed by atoms with E-state index in [0.717, 1.165) is 38.2 Å². The number of para-hydroxylation sites is 3. The summed E-state index contributed by atoms with van der Waals surface area (Å²) in [7, 11) is 0. The molecule has 0 N–H and O–H groups in total. The molecule has 4 nitrogen and oxygen atoms in total. The highest BCUT2D eigenvalue weighted by Crippen LogP contribution is 2.42. The van der Waals surface area contributed by atoms with Crippen LogP contribution in [0.2, 0.25) is 0 Å². The lowest BCUT2D eigenvalue weighted by molar-refractivity contribution is 1.02. The molecule has 4 aromatic heterocycles. The molecule has 0 fully saturated rings. The van der Waals surface area contributed by atoms with E-state index in [1.165, 1.54) is 53.4 Å². The second kappa shape index (κ2) is 10.1. The lowest BCUT2D eigenvalue weighted by Gasteiger charge is -2.11. The average molecular weight is 643 g/mol. The first-order valence-electron chi connectivity index (χ1n) is 16.5. The van der Waals surface area contributed by atoms with Crippen molar-refractivity contribution in [1.29, 1.82) is 0 Å².